The third kappa shape index (κ3) is 1.79. The molecule has 0 unspecified atom stereocenters. The van der Waals surface area contributed by atoms with Crippen LogP contribution in [0.3, 0.4) is 0 Å². The molecule has 0 fully saturated rings. The second-order valence-corrected chi connectivity index (χ2v) is 1.67. The van der Waals surface area contributed by atoms with Crippen LogP contribution in [0.1, 0.15) is 5.89 Å². The Labute approximate surface area is 58.5 Å². The van der Waals surface area contributed by atoms with E-state index in [1.807, 2.05) is 0 Å². The molecule has 1 rings (SSSR count). The Morgan fingerprint density at radius 1 is 1.45 bits per heavy atom. The van der Waals surface area contributed by atoms with Crippen molar-refractivity contribution in [2.75, 3.05) is 0 Å². The van der Waals surface area contributed by atoms with Crippen LogP contribution >= 0.6 is 0 Å². The number of alkyl halides is 3. The molecule has 0 bridgehead atoms. The second-order valence-electron chi connectivity index (χ2n) is 1.67. The fourth-order valence-electron chi connectivity index (χ4n) is 0.453. The summed E-state index contributed by atoms with van der Waals surface area (Å²) in [6, 6.07) is 0.801. The average Bonchev–Trinajstić information content (AvgIpc) is 1.86. The summed E-state index contributed by atoms with van der Waals surface area (Å²) in [6.45, 7) is 0. The first kappa shape index (κ1) is 7.77. The lowest BCUT2D eigenvalue weighted by Gasteiger charge is -2.00. The van der Waals surface area contributed by atoms with Gasteiger partial charge in [-0.3, -0.25) is 0 Å². The zero-order chi connectivity index (χ0) is 8.48. The molecule has 0 atom stereocenters. The lowest BCUT2D eigenvalue weighted by Crippen LogP contribution is -2.11. The molecule has 11 heavy (non-hydrogen) atoms. The van der Waals surface area contributed by atoms with Gasteiger partial charge in [-0.15, -0.1) is 0 Å². The van der Waals surface area contributed by atoms with Crippen molar-refractivity contribution < 1.29 is 17.6 Å². The Bertz CT molecular complexity index is 303. The summed E-state index contributed by atoms with van der Waals surface area (Å²) in [5.41, 5.74) is -1.06. The lowest BCUT2D eigenvalue weighted by molar-refractivity contribution is -0.159. The van der Waals surface area contributed by atoms with Crippen molar-refractivity contribution in [3.05, 3.63) is 28.6 Å². The van der Waals surface area contributed by atoms with E-state index in [2.05, 4.69) is 9.40 Å². The minimum Gasteiger partial charge on any atom is -0.399 e. The molecule has 3 nitrogen and oxygen atoms in total. The molecule has 1 aromatic rings. The average molecular weight is 165 g/mol. The van der Waals surface area contributed by atoms with Crippen LogP contribution in [0.4, 0.5) is 13.2 Å². The normalized spacial score (nSPS) is 11.5. The van der Waals surface area contributed by atoms with Gasteiger partial charge >= 0.3 is 17.7 Å². The van der Waals surface area contributed by atoms with Gasteiger partial charge in [0.2, 0.25) is 0 Å². The van der Waals surface area contributed by atoms with E-state index >= 15 is 0 Å². The van der Waals surface area contributed by atoms with Crippen LogP contribution in [0.2, 0.25) is 0 Å². The predicted molar refractivity (Wildman–Crippen MR) is 27.8 cm³/mol. The molecular formula is C5H2F3NO2. The first-order chi connectivity index (χ1) is 5.00. The second kappa shape index (κ2) is 2.37. The molecule has 0 N–H and O–H groups in total. The Morgan fingerprint density at radius 2 is 2.09 bits per heavy atom. The van der Waals surface area contributed by atoms with Crippen molar-refractivity contribution in [3.8, 4) is 0 Å². The van der Waals surface area contributed by atoms with Crippen molar-refractivity contribution in [2.45, 2.75) is 6.18 Å². The molecule has 0 spiro atoms. The lowest BCUT2D eigenvalue weighted by atomic mass is 10.6. The van der Waals surface area contributed by atoms with Crippen molar-refractivity contribution in [1.29, 1.82) is 0 Å². The summed E-state index contributed by atoms with van der Waals surface area (Å²) in [5.74, 6) is -1.52. The zero-order valence-corrected chi connectivity index (χ0v) is 5.05. The monoisotopic (exact) mass is 165 g/mol. The summed E-state index contributed by atoms with van der Waals surface area (Å²) in [7, 11) is 0. The van der Waals surface area contributed by atoms with E-state index in [4.69, 9.17) is 0 Å². The standard InChI is InChI=1S/C5H2F3NO2/c6-5(7,8)4-9-2-1-3(10)11-4/h1-2H. The van der Waals surface area contributed by atoms with Crippen LogP contribution in [0, 0.1) is 0 Å². The van der Waals surface area contributed by atoms with Crippen molar-refractivity contribution in [1.82, 2.24) is 4.98 Å². The Balaban J connectivity index is 3.16. The van der Waals surface area contributed by atoms with Gasteiger partial charge in [-0.05, 0) is 0 Å². The largest absolute Gasteiger partial charge is 0.469 e. The Hall–Kier alpha value is -1.33. The van der Waals surface area contributed by atoms with Gasteiger partial charge in [0.1, 0.15) is 0 Å². The third-order valence-corrected chi connectivity index (χ3v) is 0.842. The van der Waals surface area contributed by atoms with E-state index in [1.54, 1.807) is 0 Å². The van der Waals surface area contributed by atoms with Gasteiger partial charge in [0.15, 0.2) is 0 Å². The molecule has 0 radical (unpaired) electrons. The van der Waals surface area contributed by atoms with Gasteiger partial charge in [0.25, 0.3) is 0 Å². The van der Waals surface area contributed by atoms with Gasteiger partial charge in [-0.25, -0.2) is 9.78 Å². The molecule has 60 valence electrons. The molecule has 0 saturated carbocycles. The van der Waals surface area contributed by atoms with Crippen molar-refractivity contribution in [2.24, 2.45) is 0 Å². The van der Waals surface area contributed by atoms with Crippen LogP contribution in [0.15, 0.2) is 21.5 Å². The highest BCUT2D eigenvalue weighted by atomic mass is 19.4. The number of hydrogen-bond donors (Lipinski definition) is 0. The molecule has 0 amide bonds. The SMILES string of the molecule is O=c1ccnc(C(F)(F)F)o1. The molecule has 0 saturated heterocycles. The first-order valence-corrected chi connectivity index (χ1v) is 2.53. The fourth-order valence-corrected chi connectivity index (χ4v) is 0.453. The van der Waals surface area contributed by atoms with Crippen LogP contribution in [0.5, 0.6) is 0 Å². The summed E-state index contributed by atoms with van der Waals surface area (Å²) >= 11 is 0. The number of halogens is 3. The maximum Gasteiger partial charge on any atom is 0.469 e. The molecule has 0 aliphatic heterocycles. The number of rotatable bonds is 0. The van der Waals surface area contributed by atoms with Gasteiger partial charge < -0.3 is 4.42 Å². The summed E-state index contributed by atoms with van der Waals surface area (Å²) < 4.78 is 38.8. The maximum absolute atomic E-state index is 11.7. The minimum atomic E-state index is -4.69. The van der Waals surface area contributed by atoms with E-state index < -0.39 is 17.7 Å². The van der Waals surface area contributed by atoms with Crippen LogP contribution in [-0.2, 0) is 6.18 Å². The molecule has 6 heteroatoms. The third-order valence-electron chi connectivity index (χ3n) is 0.842. The number of aromatic nitrogens is 1. The minimum absolute atomic E-state index is 0.745. The van der Waals surface area contributed by atoms with Gasteiger partial charge in [0, 0.05) is 12.3 Å². The highest BCUT2D eigenvalue weighted by Crippen LogP contribution is 2.25. The van der Waals surface area contributed by atoms with Gasteiger partial charge in [-0.1, -0.05) is 0 Å². The zero-order valence-electron chi connectivity index (χ0n) is 5.05. The summed E-state index contributed by atoms with van der Waals surface area (Å²) in [6.07, 6.45) is -3.95. The molecule has 0 aliphatic rings. The highest BCUT2D eigenvalue weighted by Gasteiger charge is 2.36. The number of nitrogens with zero attached hydrogens (tertiary/aromatic N) is 1. The molecule has 0 aromatic carbocycles. The van der Waals surface area contributed by atoms with E-state index in [-0.39, 0.29) is 0 Å². The molecule has 1 aromatic heterocycles. The van der Waals surface area contributed by atoms with Gasteiger partial charge in [0.05, 0.1) is 0 Å². The number of hydrogen-bond acceptors (Lipinski definition) is 3. The van der Waals surface area contributed by atoms with E-state index in [1.165, 1.54) is 0 Å². The Kier molecular flexibility index (Phi) is 1.67. The topological polar surface area (TPSA) is 43.1 Å². The molecule has 0 aliphatic carbocycles. The Morgan fingerprint density at radius 3 is 2.45 bits per heavy atom. The molecule has 1 heterocycles. The van der Waals surface area contributed by atoms with Crippen LogP contribution in [0.25, 0.3) is 0 Å². The van der Waals surface area contributed by atoms with E-state index in [0.29, 0.717) is 0 Å². The van der Waals surface area contributed by atoms with Crippen molar-refractivity contribution >= 4 is 0 Å². The summed E-state index contributed by atoms with van der Waals surface area (Å²) in [5, 5.41) is 0. The van der Waals surface area contributed by atoms with Crippen molar-refractivity contribution in [3.63, 3.8) is 0 Å². The van der Waals surface area contributed by atoms with Gasteiger partial charge in [-0.2, -0.15) is 13.2 Å². The quantitative estimate of drug-likeness (QED) is 0.577. The van der Waals surface area contributed by atoms with Crippen LogP contribution in [-0.4, -0.2) is 4.98 Å². The first-order valence-electron chi connectivity index (χ1n) is 2.53. The smallest absolute Gasteiger partial charge is 0.399 e. The molecular weight excluding hydrogens is 163 g/mol. The van der Waals surface area contributed by atoms with Crippen LogP contribution < -0.4 is 5.63 Å². The fraction of sp³-hybridized carbons (Fsp3) is 0.200. The summed E-state index contributed by atoms with van der Waals surface area (Å²) in [4.78, 5) is 13.0. The maximum atomic E-state index is 11.7. The predicted octanol–water partition coefficient (Wildman–Crippen LogP) is 1.05. The highest BCUT2D eigenvalue weighted by molar-refractivity contribution is 4.86. The van der Waals surface area contributed by atoms with E-state index in [0.717, 1.165) is 12.3 Å². The van der Waals surface area contributed by atoms with E-state index in [9.17, 15) is 18.0 Å².